The average molecular weight is 405 g/mol. The third-order valence-corrected chi connectivity index (χ3v) is 5.51. The molecular formula is C19H18Cl2N4O2. The van der Waals surface area contributed by atoms with E-state index in [0.29, 0.717) is 27.5 Å². The monoisotopic (exact) mass is 404 g/mol. The van der Waals surface area contributed by atoms with Crippen LogP contribution in [0.15, 0.2) is 42.7 Å². The molecular weight excluding hydrogens is 387 g/mol. The summed E-state index contributed by atoms with van der Waals surface area (Å²) in [7, 11) is 3.25. The van der Waals surface area contributed by atoms with Gasteiger partial charge in [-0.05, 0) is 41.8 Å². The van der Waals surface area contributed by atoms with E-state index in [1.54, 1.807) is 20.5 Å². The molecule has 27 heavy (non-hydrogen) atoms. The quantitative estimate of drug-likeness (QED) is 0.679. The molecule has 0 bridgehead atoms. The number of ether oxygens (including phenoxy) is 2. The summed E-state index contributed by atoms with van der Waals surface area (Å²) in [6.07, 6.45) is 2.32. The predicted molar refractivity (Wildman–Crippen MR) is 105 cm³/mol. The van der Waals surface area contributed by atoms with Gasteiger partial charge in [0.15, 0.2) is 11.5 Å². The zero-order valence-corrected chi connectivity index (χ0v) is 16.3. The molecule has 2 aromatic carbocycles. The maximum atomic E-state index is 6.22. The fraction of sp³-hybridized carbons (Fsp3) is 0.263. The van der Waals surface area contributed by atoms with Crippen LogP contribution in [0.25, 0.3) is 0 Å². The van der Waals surface area contributed by atoms with Crippen molar-refractivity contribution in [2.75, 3.05) is 19.5 Å². The minimum Gasteiger partial charge on any atom is -0.493 e. The minimum atomic E-state index is -0.0111. The van der Waals surface area contributed by atoms with E-state index in [2.05, 4.69) is 15.4 Å². The average Bonchev–Trinajstić information content (AvgIpc) is 3.17. The molecule has 140 valence electrons. The first kappa shape index (κ1) is 17.9. The molecule has 0 saturated heterocycles. The van der Waals surface area contributed by atoms with Gasteiger partial charge in [-0.15, -0.1) is 0 Å². The number of hydrogen-bond donors (Lipinski definition) is 1. The van der Waals surface area contributed by atoms with Crippen molar-refractivity contribution in [3.63, 3.8) is 0 Å². The standard InChI is InChI=1S/C19H18Cl2N4O2/c1-26-17-6-4-12(8-18(17)27-2)16-9-15(24-19-22-10-23-25(16)19)11-3-5-13(20)14(21)7-11/h3-8,10,15-16H,9H2,1-2H3,(H,22,23,24)/t15-,16+/m1/s1. The second-order valence-electron chi connectivity index (χ2n) is 6.26. The third kappa shape index (κ3) is 3.31. The van der Waals surface area contributed by atoms with Crippen molar-refractivity contribution < 1.29 is 9.47 Å². The Morgan fingerprint density at radius 2 is 1.78 bits per heavy atom. The number of methoxy groups -OCH3 is 2. The van der Waals surface area contributed by atoms with Gasteiger partial charge in [-0.25, -0.2) is 4.68 Å². The van der Waals surface area contributed by atoms with Gasteiger partial charge in [0.2, 0.25) is 5.95 Å². The Labute approximate surface area is 167 Å². The van der Waals surface area contributed by atoms with Crippen LogP contribution < -0.4 is 14.8 Å². The lowest BCUT2D eigenvalue weighted by Crippen LogP contribution is -2.28. The highest BCUT2D eigenvalue weighted by Gasteiger charge is 2.30. The molecule has 2 heterocycles. The van der Waals surface area contributed by atoms with Crippen molar-refractivity contribution >= 4 is 29.2 Å². The normalized spacial score (nSPS) is 18.5. The highest BCUT2D eigenvalue weighted by molar-refractivity contribution is 6.42. The number of rotatable bonds is 4. The molecule has 0 saturated carbocycles. The van der Waals surface area contributed by atoms with E-state index in [4.69, 9.17) is 32.7 Å². The third-order valence-electron chi connectivity index (χ3n) is 4.77. The molecule has 0 radical (unpaired) electrons. The topological polar surface area (TPSA) is 61.2 Å². The van der Waals surface area contributed by atoms with E-state index >= 15 is 0 Å². The highest BCUT2D eigenvalue weighted by Crippen LogP contribution is 2.40. The van der Waals surface area contributed by atoms with Gasteiger partial charge in [0.05, 0.1) is 36.3 Å². The number of fused-ring (bicyclic) bond motifs is 1. The Hall–Kier alpha value is -2.44. The van der Waals surface area contributed by atoms with Crippen molar-refractivity contribution in [1.29, 1.82) is 0 Å². The van der Waals surface area contributed by atoms with Gasteiger partial charge in [-0.1, -0.05) is 35.3 Å². The second-order valence-corrected chi connectivity index (χ2v) is 7.08. The van der Waals surface area contributed by atoms with Crippen LogP contribution in [-0.4, -0.2) is 29.0 Å². The highest BCUT2D eigenvalue weighted by atomic mass is 35.5. The summed E-state index contributed by atoms with van der Waals surface area (Å²) in [5, 5.41) is 8.89. The Balaban J connectivity index is 1.73. The summed E-state index contributed by atoms with van der Waals surface area (Å²) in [5.74, 6) is 2.08. The smallest absolute Gasteiger partial charge is 0.222 e. The molecule has 1 aliphatic heterocycles. The molecule has 6 nitrogen and oxygen atoms in total. The lowest BCUT2D eigenvalue weighted by atomic mass is 9.93. The number of anilines is 1. The molecule has 0 amide bonds. The first-order valence-electron chi connectivity index (χ1n) is 8.43. The largest absolute Gasteiger partial charge is 0.493 e. The molecule has 1 aromatic heterocycles. The molecule has 1 aliphatic rings. The van der Waals surface area contributed by atoms with Gasteiger partial charge < -0.3 is 14.8 Å². The first-order valence-corrected chi connectivity index (χ1v) is 9.19. The lowest BCUT2D eigenvalue weighted by Gasteiger charge is -2.32. The number of aromatic nitrogens is 3. The Bertz CT molecular complexity index is 976. The summed E-state index contributed by atoms with van der Waals surface area (Å²) >= 11 is 12.3. The van der Waals surface area contributed by atoms with Gasteiger partial charge in [0, 0.05) is 0 Å². The fourth-order valence-electron chi connectivity index (χ4n) is 3.41. The number of nitrogens with zero attached hydrogens (tertiary/aromatic N) is 3. The maximum absolute atomic E-state index is 6.22. The van der Waals surface area contributed by atoms with E-state index < -0.39 is 0 Å². The van der Waals surface area contributed by atoms with Crippen LogP contribution in [0.2, 0.25) is 10.0 Å². The SMILES string of the molecule is COc1ccc([C@@H]2C[C@H](c3ccc(Cl)c(Cl)c3)Nc3ncnn32)cc1OC. The van der Waals surface area contributed by atoms with E-state index in [1.807, 2.05) is 41.1 Å². The van der Waals surface area contributed by atoms with E-state index in [9.17, 15) is 0 Å². The number of nitrogens with one attached hydrogen (secondary N) is 1. The van der Waals surface area contributed by atoms with Crippen LogP contribution in [0.1, 0.15) is 29.6 Å². The molecule has 0 spiro atoms. The van der Waals surface area contributed by atoms with Crippen molar-refractivity contribution in [3.05, 3.63) is 63.9 Å². The van der Waals surface area contributed by atoms with Crippen molar-refractivity contribution in [1.82, 2.24) is 14.8 Å². The molecule has 4 rings (SSSR count). The molecule has 3 aromatic rings. The van der Waals surface area contributed by atoms with Crippen LogP contribution in [0.3, 0.4) is 0 Å². The van der Waals surface area contributed by atoms with E-state index in [-0.39, 0.29) is 12.1 Å². The Morgan fingerprint density at radius 1 is 1.00 bits per heavy atom. The zero-order valence-electron chi connectivity index (χ0n) is 14.8. The van der Waals surface area contributed by atoms with Crippen LogP contribution in [-0.2, 0) is 0 Å². The number of benzene rings is 2. The van der Waals surface area contributed by atoms with Crippen LogP contribution in [0.4, 0.5) is 5.95 Å². The molecule has 1 N–H and O–H groups in total. The minimum absolute atomic E-state index is 0.0111. The van der Waals surface area contributed by atoms with Gasteiger partial charge >= 0.3 is 0 Å². The summed E-state index contributed by atoms with van der Waals surface area (Å²) < 4.78 is 12.7. The zero-order chi connectivity index (χ0) is 19.0. The van der Waals surface area contributed by atoms with Crippen molar-refractivity contribution in [3.8, 4) is 11.5 Å². The van der Waals surface area contributed by atoms with Gasteiger partial charge in [0.25, 0.3) is 0 Å². The van der Waals surface area contributed by atoms with E-state index in [0.717, 1.165) is 17.5 Å². The summed E-state index contributed by atoms with van der Waals surface area (Å²) in [6, 6.07) is 11.6. The first-order chi connectivity index (χ1) is 13.1. The predicted octanol–water partition coefficient (Wildman–Crippen LogP) is 4.75. The Kier molecular flexibility index (Phi) is 4.85. The van der Waals surface area contributed by atoms with Crippen molar-refractivity contribution in [2.45, 2.75) is 18.5 Å². The molecule has 0 fully saturated rings. The molecule has 0 unspecified atom stereocenters. The summed E-state index contributed by atoms with van der Waals surface area (Å²) in [5.41, 5.74) is 2.11. The molecule has 0 aliphatic carbocycles. The van der Waals surface area contributed by atoms with Crippen LogP contribution >= 0.6 is 23.2 Å². The maximum Gasteiger partial charge on any atom is 0.222 e. The Morgan fingerprint density at radius 3 is 2.52 bits per heavy atom. The second kappa shape index (κ2) is 7.29. The van der Waals surface area contributed by atoms with Gasteiger partial charge in [0.1, 0.15) is 6.33 Å². The molecule has 8 heteroatoms. The number of hydrogen-bond acceptors (Lipinski definition) is 5. The van der Waals surface area contributed by atoms with Crippen LogP contribution in [0, 0.1) is 0 Å². The van der Waals surface area contributed by atoms with Crippen LogP contribution in [0.5, 0.6) is 11.5 Å². The van der Waals surface area contributed by atoms with Gasteiger partial charge in [-0.3, -0.25) is 0 Å². The lowest BCUT2D eigenvalue weighted by molar-refractivity contribution is 0.352. The van der Waals surface area contributed by atoms with Crippen molar-refractivity contribution in [2.24, 2.45) is 0 Å². The number of halogens is 2. The van der Waals surface area contributed by atoms with E-state index in [1.165, 1.54) is 0 Å². The van der Waals surface area contributed by atoms with Gasteiger partial charge in [-0.2, -0.15) is 10.1 Å². The summed E-state index contributed by atoms with van der Waals surface area (Å²) in [6.45, 7) is 0. The molecule has 2 atom stereocenters. The summed E-state index contributed by atoms with van der Waals surface area (Å²) in [4.78, 5) is 4.35. The fourth-order valence-corrected chi connectivity index (χ4v) is 3.71.